The van der Waals surface area contributed by atoms with Gasteiger partial charge in [-0.25, -0.2) is 4.79 Å². The van der Waals surface area contributed by atoms with Crippen molar-refractivity contribution in [2.75, 3.05) is 5.75 Å². The number of benzene rings is 1. The zero-order chi connectivity index (χ0) is 10.1. The molecule has 0 fully saturated rings. The Morgan fingerprint density at radius 3 is 3.07 bits per heavy atom. The number of carbonyl (C=O) groups is 1. The largest absolute Gasteiger partial charge is 0.478 e. The Morgan fingerprint density at radius 1 is 1.57 bits per heavy atom. The Morgan fingerprint density at radius 2 is 2.36 bits per heavy atom. The maximum atomic E-state index is 10.8. The topological polar surface area (TPSA) is 37.3 Å². The molecule has 2 nitrogen and oxygen atoms in total. The van der Waals surface area contributed by atoms with E-state index in [1.54, 1.807) is 23.9 Å². The van der Waals surface area contributed by atoms with Gasteiger partial charge in [0.05, 0.1) is 5.56 Å². The van der Waals surface area contributed by atoms with Crippen LogP contribution in [0.4, 0.5) is 0 Å². The predicted molar refractivity (Wildman–Crippen MR) is 57.2 cm³/mol. The van der Waals surface area contributed by atoms with Gasteiger partial charge in [0, 0.05) is 4.90 Å². The van der Waals surface area contributed by atoms with Gasteiger partial charge in [0.15, 0.2) is 0 Å². The molecule has 0 amide bonds. The van der Waals surface area contributed by atoms with Crippen molar-refractivity contribution in [2.45, 2.75) is 24.2 Å². The van der Waals surface area contributed by atoms with Crippen LogP contribution in [0.5, 0.6) is 0 Å². The molecule has 0 aliphatic carbocycles. The van der Waals surface area contributed by atoms with E-state index in [0.29, 0.717) is 11.5 Å². The molecule has 0 spiro atoms. The molecular weight excluding hydrogens is 196 g/mol. The summed E-state index contributed by atoms with van der Waals surface area (Å²) in [5, 5.41) is 8.84. The summed E-state index contributed by atoms with van der Waals surface area (Å²) in [7, 11) is 0. The third-order valence-electron chi connectivity index (χ3n) is 2.60. The van der Waals surface area contributed by atoms with Crippen molar-refractivity contribution in [3.8, 4) is 0 Å². The molecule has 1 aliphatic rings. The summed E-state index contributed by atoms with van der Waals surface area (Å²) in [6.45, 7) is 2.19. The highest BCUT2D eigenvalue weighted by atomic mass is 32.2. The van der Waals surface area contributed by atoms with Crippen LogP contribution in [0.2, 0.25) is 0 Å². The fourth-order valence-corrected chi connectivity index (χ4v) is 3.04. The minimum Gasteiger partial charge on any atom is -0.478 e. The van der Waals surface area contributed by atoms with E-state index in [1.165, 1.54) is 12.0 Å². The molecule has 1 aliphatic heterocycles. The average molecular weight is 208 g/mol. The van der Waals surface area contributed by atoms with Gasteiger partial charge in [0.25, 0.3) is 0 Å². The Kier molecular flexibility index (Phi) is 2.50. The molecule has 0 aromatic heterocycles. The van der Waals surface area contributed by atoms with Crippen molar-refractivity contribution in [3.05, 3.63) is 29.3 Å². The zero-order valence-corrected chi connectivity index (χ0v) is 8.80. The van der Waals surface area contributed by atoms with Gasteiger partial charge in [-0.3, -0.25) is 0 Å². The molecule has 14 heavy (non-hydrogen) atoms. The van der Waals surface area contributed by atoms with Gasteiger partial charge in [-0.1, -0.05) is 13.0 Å². The second-order valence-corrected chi connectivity index (χ2v) is 4.73. The highest BCUT2D eigenvalue weighted by Gasteiger charge is 2.17. The second kappa shape index (κ2) is 3.65. The highest BCUT2D eigenvalue weighted by Crippen LogP contribution is 2.37. The maximum absolute atomic E-state index is 10.8. The van der Waals surface area contributed by atoms with E-state index < -0.39 is 5.97 Å². The molecule has 1 aromatic carbocycles. The van der Waals surface area contributed by atoms with E-state index >= 15 is 0 Å². The number of hydrogen-bond donors (Lipinski definition) is 1. The molecule has 1 unspecified atom stereocenters. The first kappa shape index (κ1) is 9.59. The summed E-state index contributed by atoms with van der Waals surface area (Å²) in [6.07, 6.45) is 1.18. The summed E-state index contributed by atoms with van der Waals surface area (Å²) >= 11 is 1.76. The molecular formula is C11H12O2S. The van der Waals surface area contributed by atoms with Crippen LogP contribution in [0, 0.1) is 0 Å². The monoisotopic (exact) mass is 208 g/mol. The van der Waals surface area contributed by atoms with Crippen molar-refractivity contribution >= 4 is 17.7 Å². The fourth-order valence-electron chi connectivity index (χ4n) is 1.70. The molecule has 74 valence electrons. The first-order valence-electron chi connectivity index (χ1n) is 4.68. The molecule has 1 aromatic rings. The number of thioether (sulfide) groups is 1. The molecule has 1 heterocycles. The lowest BCUT2D eigenvalue weighted by molar-refractivity contribution is 0.0696. The molecule has 0 saturated heterocycles. The van der Waals surface area contributed by atoms with Crippen molar-refractivity contribution in [1.82, 2.24) is 0 Å². The summed E-state index contributed by atoms with van der Waals surface area (Å²) in [5.41, 5.74) is 1.69. The standard InChI is InChI=1S/C11H12O2S/c1-7-4-5-14-10-6-8(11(12)13)2-3-9(7)10/h2-3,6-7H,4-5H2,1H3,(H,12,13). The van der Waals surface area contributed by atoms with Crippen LogP contribution >= 0.6 is 11.8 Å². The van der Waals surface area contributed by atoms with Crippen molar-refractivity contribution in [1.29, 1.82) is 0 Å². The number of rotatable bonds is 1. The van der Waals surface area contributed by atoms with Crippen molar-refractivity contribution in [2.24, 2.45) is 0 Å². The SMILES string of the molecule is CC1CCSc2cc(C(=O)O)ccc21. The average Bonchev–Trinajstić information content (AvgIpc) is 2.17. The Hall–Kier alpha value is -0.960. The van der Waals surface area contributed by atoms with Crippen molar-refractivity contribution in [3.63, 3.8) is 0 Å². The lowest BCUT2D eigenvalue weighted by atomic mass is 9.97. The molecule has 3 heteroatoms. The van der Waals surface area contributed by atoms with Crippen LogP contribution in [0.1, 0.15) is 35.2 Å². The summed E-state index contributed by atoms with van der Waals surface area (Å²) in [5.74, 6) is 0.817. The van der Waals surface area contributed by atoms with Gasteiger partial charge < -0.3 is 5.11 Å². The Labute approximate surface area is 87.3 Å². The van der Waals surface area contributed by atoms with E-state index in [-0.39, 0.29) is 0 Å². The first-order chi connectivity index (χ1) is 6.68. The number of carboxylic acid groups (broad SMARTS) is 1. The number of fused-ring (bicyclic) bond motifs is 1. The van der Waals surface area contributed by atoms with E-state index in [2.05, 4.69) is 6.92 Å². The predicted octanol–water partition coefficient (Wildman–Crippen LogP) is 2.98. The normalized spacial score (nSPS) is 20.2. The van der Waals surface area contributed by atoms with Crippen LogP contribution in [-0.4, -0.2) is 16.8 Å². The number of carboxylic acids is 1. The van der Waals surface area contributed by atoms with Crippen LogP contribution < -0.4 is 0 Å². The van der Waals surface area contributed by atoms with E-state index in [1.807, 2.05) is 6.07 Å². The minimum absolute atomic E-state index is 0.394. The molecule has 0 saturated carbocycles. The van der Waals surface area contributed by atoms with Gasteiger partial charge in [-0.2, -0.15) is 0 Å². The minimum atomic E-state index is -0.841. The first-order valence-corrected chi connectivity index (χ1v) is 5.67. The van der Waals surface area contributed by atoms with Gasteiger partial charge >= 0.3 is 5.97 Å². The quantitative estimate of drug-likeness (QED) is 0.771. The third-order valence-corrected chi connectivity index (χ3v) is 3.70. The molecule has 0 bridgehead atoms. The van der Waals surface area contributed by atoms with Gasteiger partial charge in [0.2, 0.25) is 0 Å². The smallest absolute Gasteiger partial charge is 0.335 e. The summed E-state index contributed by atoms with van der Waals surface area (Å²) < 4.78 is 0. The van der Waals surface area contributed by atoms with Gasteiger partial charge in [0.1, 0.15) is 0 Å². The van der Waals surface area contributed by atoms with Crippen LogP contribution in [0.15, 0.2) is 23.1 Å². The molecule has 1 atom stereocenters. The second-order valence-electron chi connectivity index (χ2n) is 3.60. The van der Waals surface area contributed by atoms with Crippen molar-refractivity contribution < 1.29 is 9.90 Å². The Bertz CT molecular complexity index is 374. The zero-order valence-electron chi connectivity index (χ0n) is 7.99. The third kappa shape index (κ3) is 1.64. The van der Waals surface area contributed by atoms with E-state index in [4.69, 9.17) is 5.11 Å². The lowest BCUT2D eigenvalue weighted by Gasteiger charge is -2.21. The summed E-state index contributed by atoms with van der Waals surface area (Å²) in [6, 6.07) is 5.44. The highest BCUT2D eigenvalue weighted by molar-refractivity contribution is 7.99. The van der Waals surface area contributed by atoms with E-state index in [9.17, 15) is 4.79 Å². The maximum Gasteiger partial charge on any atom is 0.335 e. The Balaban J connectivity index is 2.44. The molecule has 0 radical (unpaired) electrons. The fraction of sp³-hybridized carbons (Fsp3) is 0.364. The summed E-state index contributed by atoms with van der Waals surface area (Å²) in [4.78, 5) is 11.9. The van der Waals surface area contributed by atoms with Crippen LogP contribution in [0.3, 0.4) is 0 Å². The molecule has 2 rings (SSSR count). The van der Waals surface area contributed by atoms with E-state index in [0.717, 1.165) is 10.6 Å². The van der Waals surface area contributed by atoms with Gasteiger partial charge in [-0.15, -0.1) is 11.8 Å². The van der Waals surface area contributed by atoms with Gasteiger partial charge in [-0.05, 0) is 35.8 Å². The molecule has 1 N–H and O–H groups in total. The van der Waals surface area contributed by atoms with Crippen LogP contribution in [-0.2, 0) is 0 Å². The van der Waals surface area contributed by atoms with Crippen LogP contribution in [0.25, 0.3) is 0 Å². The number of aromatic carboxylic acids is 1. The lowest BCUT2D eigenvalue weighted by Crippen LogP contribution is -2.06. The number of hydrogen-bond acceptors (Lipinski definition) is 2.